The molecule has 3 aliphatic heterocycles. The highest BCUT2D eigenvalue weighted by Crippen LogP contribution is 2.41. The lowest BCUT2D eigenvalue weighted by atomic mass is 10.00. The van der Waals surface area contributed by atoms with Gasteiger partial charge in [0.1, 0.15) is 12.2 Å². The Labute approximate surface area is 344 Å². The molecule has 3 atom stereocenters. The van der Waals surface area contributed by atoms with E-state index < -0.39 is 30.1 Å². The van der Waals surface area contributed by atoms with Gasteiger partial charge in [-0.3, -0.25) is 33.8 Å². The first-order chi connectivity index (χ1) is 29.1. The molecule has 3 amide bonds. The molecule has 3 N–H and O–H groups in total. The first kappa shape index (κ1) is 37.5. The van der Waals surface area contributed by atoms with Crippen LogP contribution in [0.3, 0.4) is 0 Å². The number of alkyl halides is 1. The fourth-order valence-corrected chi connectivity index (χ4v) is 9.30. The number of aromatic nitrogens is 6. The predicted molar refractivity (Wildman–Crippen MR) is 226 cm³/mol. The summed E-state index contributed by atoms with van der Waals surface area (Å²) in [7, 11) is 5.61. The molecule has 1 saturated carbocycles. The lowest BCUT2D eigenvalue weighted by Crippen LogP contribution is -2.44. The van der Waals surface area contributed by atoms with E-state index in [-0.39, 0.29) is 36.2 Å². The second-order valence-electron chi connectivity index (χ2n) is 16.1. The number of pyridine rings is 1. The molecule has 10 rings (SSSR count). The van der Waals surface area contributed by atoms with Crippen molar-refractivity contribution in [1.82, 2.24) is 39.3 Å². The van der Waals surface area contributed by atoms with Gasteiger partial charge < -0.3 is 25.3 Å². The number of nitrogens with one attached hydrogen (secondary N) is 3. The Morgan fingerprint density at radius 2 is 1.78 bits per heavy atom. The van der Waals surface area contributed by atoms with Crippen LogP contribution in [0.15, 0.2) is 71.8 Å². The highest BCUT2D eigenvalue weighted by atomic mass is 19.1. The maximum atomic E-state index is 13.6. The maximum Gasteiger partial charge on any atom is 0.329 e. The summed E-state index contributed by atoms with van der Waals surface area (Å²) in [6, 6.07) is 17.2. The Kier molecular flexibility index (Phi) is 9.06. The highest BCUT2D eigenvalue weighted by Gasteiger charge is 2.39. The first-order valence-electron chi connectivity index (χ1n) is 20.5. The Balaban J connectivity index is 0.871. The number of amides is 3. The lowest BCUT2D eigenvalue weighted by Gasteiger charge is -2.39. The molecule has 7 heterocycles. The van der Waals surface area contributed by atoms with Gasteiger partial charge in [0.15, 0.2) is 17.2 Å². The minimum Gasteiger partial charge on any atom is -0.385 e. The van der Waals surface area contributed by atoms with E-state index in [1.54, 1.807) is 18.7 Å². The van der Waals surface area contributed by atoms with Crippen LogP contribution >= 0.6 is 0 Å². The molecule has 0 radical (unpaired) electrons. The Morgan fingerprint density at radius 1 is 0.983 bits per heavy atom. The van der Waals surface area contributed by atoms with E-state index in [0.717, 1.165) is 71.8 Å². The average Bonchev–Trinajstić information content (AvgIpc) is 3.55. The van der Waals surface area contributed by atoms with Gasteiger partial charge in [-0.2, -0.15) is 0 Å². The van der Waals surface area contributed by atoms with Crippen molar-refractivity contribution in [3.05, 3.63) is 88.7 Å². The van der Waals surface area contributed by atoms with Crippen molar-refractivity contribution < 1.29 is 18.8 Å². The van der Waals surface area contributed by atoms with E-state index in [4.69, 9.17) is 10.1 Å². The molecule has 2 aromatic carbocycles. The summed E-state index contributed by atoms with van der Waals surface area (Å²) in [6.07, 6.45) is 5.69. The zero-order chi connectivity index (χ0) is 41.4. The molecule has 4 aromatic heterocycles. The van der Waals surface area contributed by atoms with Gasteiger partial charge >= 0.3 is 5.69 Å². The zero-order valence-electron chi connectivity index (χ0n) is 33.6. The number of imidazole rings is 2. The average molecular weight is 813 g/mol. The van der Waals surface area contributed by atoms with Gasteiger partial charge in [0.25, 0.3) is 5.91 Å². The number of carbonyl (C=O) groups is 3. The molecule has 0 bridgehead atoms. The minimum atomic E-state index is -1.02. The monoisotopic (exact) mass is 812 g/mol. The Hall–Kier alpha value is -6.78. The summed E-state index contributed by atoms with van der Waals surface area (Å²) < 4.78 is 18.3. The quantitative estimate of drug-likeness (QED) is 0.180. The number of rotatable bonds is 9. The van der Waals surface area contributed by atoms with Crippen molar-refractivity contribution in [2.75, 3.05) is 53.7 Å². The number of halogens is 1. The predicted octanol–water partition coefficient (Wildman–Crippen LogP) is 4.10. The largest absolute Gasteiger partial charge is 0.385 e. The molecule has 60 heavy (non-hydrogen) atoms. The number of fused-ring (bicyclic) bond motifs is 3. The normalized spacial score (nSPS) is 20.4. The summed E-state index contributed by atoms with van der Waals surface area (Å²) in [5.41, 5.74) is 8.78. The second kappa shape index (κ2) is 14.5. The molecule has 17 heteroatoms. The first-order valence-corrected chi connectivity index (χ1v) is 20.5. The molecule has 3 fully saturated rings. The van der Waals surface area contributed by atoms with Crippen molar-refractivity contribution in [2.45, 2.75) is 62.8 Å². The Bertz CT molecular complexity index is 2790. The van der Waals surface area contributed by atoms with E-state index in [1.807, 2.05) is 36.5 Å². The van der Waals surface area contributed by atoms with Crippen LogP contribution in [-0.4, -0.2) is 98.4 Å². The molecule has 0 spiro atoms. The number of carbonyl (C=O) groups excluding carboxylic acids is 3. The fourth-order valence-electron chi connectivity index (χ4n) is 9.30. The third kappa shape index (κ3) is 6.21. The van der Waals surface area contributed by atoms with Gasteiger partial charge in [-0.05, 0) is 61.6 Å². The number of imide groups is 1. The number of para-hydroxylation sites is 1. The van der Waals surface area contributed by atoms with Crippen molar-refractivity contribution in [1.29, 1.82) is 0 Å². The summed E-state index contributed by atoms with van der Waals surface area (Å²) in [5.74, 6) is -0.509. The smallest absolute Gasteiger partial charge is 0.329 e. The van der Waals surface area contributed by atoms with Crippen molar-refractivity contribution in [2.24, 2.45) is 7.05 Å². The van der Waals surface area contributed by atoms with Crippen LogP contribution in [0.5, 0.6) is 0 Å². The third-order valence-electron chi connectivity index (χ3n) is 12.7. The molecule has 1 aliphatic carbocycles. The SMILES string of the molecule is CNc1cc(N2CCc3c(-c4cc(N5CCC(N(C)c6cccc7c6n(C)c(=O)n7C6CCC(=O)NC6=O)CC5)ccn4)cccc32)nn2c(C(=O)NC3CC3F)cnc12. The van der Waals surface area contributed by atoms with Crippen LogP contribution in [-0.2, 0) is 23.1 Å². The van der Waals surface area contributed by atoms with E-state index >= 15 is 0 Å². The number of aryl methyl sites for hydroxylation is 1. The van der Waals surface area contributed by atoms with Gasteiger partial charge in [0.05, 0.1) is 40.3 Å². The number of anilines is 5. The number of hydrogen-bond donors (Lipinski definition) is 3. The van der Waals surface area contributed by atoms with Gasteiger partial charge in [-0.15, -0.1) is 5.10 Å². The third-order valence-corrected chi connectivity index (χ3v) is 12.7. The fraction of sp³-hybridized carbons (Fsp3) is 0.372. The standard InChI is InChI=1S/C43H45FN12O4/c1-45-31-22-37(50-56-36(23-47-40(31)56)42(59)48-30-21-28(30)44)54-19-15-27-26(6-4-7-32(27)54)29-20-25(12-16-46-29)53-17-13-24(14-18-53)51(2)33-8-5-9-34-39(33)52(3)43(60)55(34)35-10-11-38(57)49-41(35)58/h4-9,12,16,20,22-24,28,30,35,45H,10-11,13-15,17-19,21H2,1-3H3,(H,48,59)(H,49,57,58). The second-order valence-corrected chi connectivity index (χ2v) is 16.1. The van der Waals surface area contributed by atoms with Crippen LogP contribution in [0, 0.1) is 0 Å². The maximum absolute atomic E-state index is 13.6. The van der Waals surface area contributed by atoms with E-state index in [9.17, 15) is 23.6 Å². The van der Waals surface area contributed by atoms with E-state index in [1.165, 1.54) is 15.3 Å². The summed E-state index contributed by atoms with van der Waals surface area (Å²) in [4.78, 5) is 67.4. The molecule has 4 aliphatic rings. The van der Waals surface area contributed by atoms with Crippen molar-refractivity contribution >= 4 is 63.0 Å². The Morgan fingerprint density at radius 3 is 2.55 bits per heavy atom. The van der Waals surface area contributed by atoms with E-state index in [0.29, 0.717) is 35.6 Å². The highest BCUT2D eigenvalue weighted by molar-refractivity contribution is 6.00. The minimum absolute atomic E-state index is 0.193. The van der Waals surface area contributed by atoms with Crippen LogP contribution in [0.1, 0.15) is 54.2 Å². The molecular weight excluding hydrogens is 768 g/mol. The topological polar surface area (TPSA) is 167 Å². The number of piperidine rings is 2. The van der Waals surface area contributed by atoms with Gasteiger partial charge in [-0.25, -0.2) is 18.7 Å². The molecule has 16 nitrogen and oxygen atoms in total. The zero-order valence-corrected chi connectivity index (χ0v) is 33.6. The van der Waals surface area contributed by atoms with Crippen molar-refractivity contribution in [3.63, 3.8) is 0 Å². The van der Waals surface area contributed by atoms with E-state index in [2.05, 4.69) is 66.9 Å². The number of hydrogen-bond acceptors (Lipinski definition) is 11. The van der Waals surface area contributed by atoms with Crippen LogP contribution in [0.25, 0.3) is 27.9 Å². The summed E-state index contributed by atoms with van der Waals surface area (Å²) in [5, 5.41) is 13.2. The van der Waals surface area contributed by atoms with Crippen LogP contribution in [0.4, 0.5) is 33.0 Å². The summed E-state index contributed by atoms with van der Waals surface area (Å²) >= 11 is 0. The van der Waals surface area contributed by atoms with Crippen molar-refractivity contribution in [3.8, 4) is 11.3 Å². The number of nitrogens with zero attached hydrogens (tertiary/aromatic N) is 9. The van der Waals surface area contributed by atoms with Gasteiger partial charge in [0.2, 0.25) is 11.8 Å². The molecule has 6 aromatic rings. The number of benzene rings is 2. The molecular formula is C43H45FN12O4. The lowest BCUT2D eigenvalue weighted by molar-refractivity contribution is -0.135. The van der Waals surface area contributed by atoms with Crippen LogP contribution in [0.2, 0.25) is 0 Å². The molecule has 308 valence electrons. The van der Waals surface area contributed by atoms with Gasteiger partial charge in [-0.1, -0.05) is 18.2 Å². The van der Waals surface area contributed by atoms with Crippen LogP contribution < -0.4 is 36.3 Å². The van der Waals surface area contributed by atoms with Gasteiger partial charge in [0, 0.05) is 88.9 Å². The summed E-state index contributed by atoms with van der Waals surface area (Å²) in [6.45, 7) is 2.34. The molecule has 3 unspecified atom stereocenters. The molecule has 2 saturated heterocycles.